The number of hydrogen-bond donors (Lipinski definition) is 0. The summed E-state index contributed by atoms with van der Waals surface area (Å²) in [4.78, 5) is 0. The van der Waals surface area contributed by atoms with Crippen molar-refractivity contribution in [3.63, 3.8) is 0 Å². The van der Waals surface area contributed by atoms with E-state index in [0.717, 1.165) is 0 Å². The van der Waals surface area contributed by atoms with E-state index >= 15 is 0 Å². The molecule has 0 aliphatic heterocycles. The summed E-state index contributed by atoms with van der Waals surface area (Å²) in [6.45, 7) is 15.3. The van der Waals surface area contributed by atoms with Crippen LogP contribution >= 0.6 is 0 Å². The Morgan fingerprint density at radius 2 is 1.33 bits per heavy atom. The summed E-state index contributed by atoms with van der Waals surface area (Å²) >= 11 is 0. The lowest BCUT2D eigenvalue weighted by Crippen LogP contribution is -2.29. The van der Waals surface area contributed by atoms with Crippen LogP contribution in [0.2, 0.25) is 0 Å². The summed E-state index contributed by atoms with van der Waals surface area (Å²) < 4.78 is 5.95. The molecule has 0 aliphatic carbocycles. The van der Waals surface area contributed by atoms with Gasteiger partial charge in [-0.3, -0.25) is 0 Å². The number of allylic oxidation sites excluding steroid dienone is 1. The highest BCUT2D eigenvalue weighted by Crippen LogP contribution is 2.20. The van der Waals surface area contributed by atoms with Gasteiger partial charge in [0.1, 0.15) is 0 Å². The fourth-order valence-corrected chi connectivity index (χ4v) is 1.71. The van der Waals surface area contributed by atoms with Crippen LogP contribution in [0, 0.1) is 17.8 Å². The van der Waals surface area contributed by atoms with Crippen molar-refractivity contribution in [3.8, 4) is 0 Å². The van der Waals surface area contributed by atoms with Crippen molar-refractivity contribution in [1.29, 1.82) is 0 Å². The van der Waals surface area contributed by atoms with E-state index in [9.17, 15) is 0 Å². The van der Waals surface area contributed by atoms with Crippen LogP contribution in [0.15, 0.2) is 12.2 Å². The molecule has 2 atom stereocenters. The average Bonchev–Trinajstić information content (AvgIpc) is 2.09. The zero-order valence-corrected chi connectivity index (χ0v) is 11.4. The Labute approximate surface area is 95.9 Å². The highest BCUT2D eigenvalue weighted by Gasteiger charge is 2.20. The zero-order valence-electron chi connectivity index (χ0n) is 11.4. The maximum atomic E-state index is 5.95. The van der Waals surface area contributed by atoms with E-state index in [1.54, 1.807) is 0 Å². The van der Waals surface area contributed by atoms with E-state index in [4.69, 9.17) is 4.74 Å². The average molecular weight is 212 g/mol. The SMILES string of the molecule is CC(C)/C=C\C(C)C(OC(C)C)C(C)C. The Bertz CT molecular complexity index is 180. The largest absolute Gasteiger partial charge is 0.375 e. The highest BCUT2D eigenvalue weighted by atomic mass is 16.5. The van der Waals surface area contributed by atoms with Crippen LogP contribution in [0.5, 0.6) is 0 Å². The third-order valence-corrected chi connectivity index (χ3v) is 2.40. The molecule has 0 bridgehead atoms. The first-order chi connectivity index (χ1) is 6.84. The number of ether oxygens (including phenoxy) is 1. The maximum absolute atomic E-state index is 5.95. The topological polar surface area (TPSA) is 9.23 Å². The molecule has 2 unspecified atom stereocenters. The summed E-state index contributed by atoms with van der Waals surface area (Å²) in [7, 11) is 0. The van der Waals surface area contributed by atoms with E-state index in [-0.39, 0.29) is 0 Å². The van der Waals surface area contributed by atoms with Gasteiger partial charge >= 0.3 is 0 Å². The monoisotopic (exact) mass is 212 g/mol. The lowest BCUT2D eigenvalue weighted by atomic mass is 9.93. The quantitative estimate of drug-likeness (QED) is 0.597. The van der Waals surface area contributed by atoms with Gasteiger partial charge in [0.05, 0.1) is 12.2 Å². The zero-order chi connectivity index (χ0) is 12.0. The van der Waals surface area contributed by atoms with E-state index in [0.29, 0.717) is 30.0 Å². The van der Waals surface area contributed by atoms with Gasteiger partial charge in [0, 0.05) is 5.92 Å². The Morgan fingerprint density at radius 1 is 0.800 bits per heavy atom. The van der Waals surface area contributed by atoms with Gasteiger partial charge in [0.2, 0.25) is 0 Å². The highest BCUT2D eigenvalue weighted by molar-refractivity contribution is 4.92. The van der Waals surface area contributed by atoms with Crippen molar-refractivity contribution in [2.24, 2.45) is 17.8 Å². The van der Waals surface area contributed by atoms with Crippen LogP contribution in [0.1, 0.15) is 48.5 Å². The minimum atomic E-state index is 0.312. The van der Waals surface area contributed by atoms with Crippen molar-refractivity contribution in [2.75, 3.05) is 0 Å². The van der Waals surface area contributed by atoms with E-state index in [2.05, 4.69) is 60.6 Å². The van der Waals surface area contributed by atoms with Crippen molar-refractivity contribution in [3.05, 3.63) is 12.2 Å². The first kappa shape index (κ1) is 14.7. The van der Waals surface area contributed by atoms with E-state index in [1.165, 1.54) is 0 Å². The van der Waals surface area contributed by atoms with Gasteiger partial charge in [-0.15, -0.1) is 0 Å². The lowest BCUT2D eigenvalue weighted by molar-refractivity contribution is -0.0375. The molecule has 0 saturated carbocycles. The summed E-state index contributed by atoms with van der Waals surface area (Å²) in [5.74, 6) is 1.69. The molecule has 0 fully saturated rings. The third-order valence-electron chi connectivity index (χ3n) is 2.40. The van der Waals surface area contributed by atoms with Gasteiger partial charge in [0.15, 0.2) is 0 Å². The normalized spacial score (nSPS) is 16.9. The molecule has 15 heavy (non-hydrogen) atoms. The molecular formula is C14H28O. The minimum absolute atomic E-state index is 0.312. The molecule has 0 aromatic carbocycles. The molecular weight excluding hydrogens is 184 g/mol. The fraction of sp³-hybridized carbons (Fsp3) is 0.857. The minimum Gasteiger partial charge on any atom is -0.375 e. The second-order valence-corrected chi connectivity index (χ2v) is 5.38. The Morgan fingerprint density at radius 3 is 1.67 bits per heavy atom. The van der Waals surface area contributed by atoms with Gasteiger partial charge in [-0.2, -0.15) is 0 Å². The van der Waals surface area contributed by atoms with Gasteiger partial charge in [0.25, 0.3) is 0 Å². The molecule has 0 N–H and O–H groups in total. The smallest absolute Gasteiger partial charge is 0.0661 e. The molecule has 0 spiro atoms. The summed E-state index contributed by atoms with van der Waals surface area (Å²) in [5, 5.41) is 0. The Kier molecular flexibility index (Phi) is 6.91. The van der Waals surface area contributed by atoms with Crippen molar-refractivity contribution >= 4 is 0 Å². The predicted molar refractivity (Wildman–Crippen MR) is 68.0 cm³/mol. The first-order valence-corrected chi connectivity index (χ1v) is 6.18. The molecule has 0 rings (SSSR count). The molecule has 0 amide bonds. The molecule has 1 nitrogen and oxygen atoms in total. The third kappa shape index (κ3) is 6.72. The van der Waals surface area contributed by atoms with Crippen LogP contribution in [0.25, 0.3) is 0 Å². The Balaban J connectivity index is 4.35. The van der Waals surface area contributed by atoms with Crippen LogP contribution < -0.4 is 0 Å². The summed E-state index contributed by atoms with van der Waals surface area (Å²) in [5.41, 5.74) is 0. The van der Waals surface area contributed by atoms with Gasteiger partial charge < -0.3 is 4.74 Å². The van der Waals surface area contributed by atoms with Crippen LogP contribution in [-0.4, -0.2) is 12.2 Å². The van der Waals surface area contributed by atoms with Crippen LogP contribution in [0.3, 0.4) is 0 Å². The standard InChI is InChI=1S/C14H28O/c1-10(2)8-9-13(7)14(11(3)4)15-12(5)6/h8-14H,1-7H3/b9-8-. The number of hydrogen-bond acceptors (Lipinski definition) is 1. The van der Waals surface area contributed by atoms with Crippen molar-refractivity contribution in [2.45, 2.75) is 60.7 Å². The van der Waals surface area contributed by atoms with E-state index in [1.807, 2.05) is 0 Å². The van der Waals surface area contributed by atoms with Crippen molar-refractivity contribution in [1.82, 2.24) is 0 Å². The number of rotatable bonds is 6. The molecule has 0 aliphatic rings. The second kappa shape index (κ2) is 7.05. The lowest BCUT2D eigenvalue weighted by Gasteiger charge is -2.28. The van der Waals surface area contributed by atoms with Crippen molar-refractivity contribution < 1.29 is 4.74 Å². The molecule has 0 heterocycles. The van der Waals surface area contributed by atoms with Gasteiger partial charge in [-0.05, 0) is 25.7 Å². The van der Waals surface area contributed by atoms with Gasteiger partial charge in [-0.25, -0.2) is 0 Å². The molecule has 0 aromatic rings. The summed E-state index contributed by atoms with van der Waals surface area (Å²) in [6, 6.07) is 0. The molecule has 0 aromatic heterocycles. The second-order valence-electron chi connectivity index (χ2n) is 5.38. The van der Waals surface area contributed by atoms with Crippen LogP contribution in [0.4, 0.5) is 0 Å². The van der Waals surface area contributed by atoms with E-state index < -0.39 is 0 Å². The molecule has 1 heteroatoms. The van der Waals surface area contributed by atoms with Crippen LogP contribution in [-0.2, 0) is 4.74 Å². The molecule has 90 valence electrons. The fourth-order valence-electron chi connectivity index (χ4n) is 1.71. The predicted octanol–water partition coefficient (Wildman–Crippen LogP) is 4.28. The van der Waals surface area contributed by atoms with Gasteiger partial charge in [-0.1, -0.05) is 46.8 Å². The first-order valence-electron chi connectivity index (χ1n) is 6.18. The molecule has 0 saturated heterocycles. The Hall–Kier alpha value is -0.300. The molecule has 0 radical (unpaired) electrons. The maximum Gasteiger partial charge on any atom is 0.0661 e. The summed E-state index contributed by atoms with van der Waals surface area (Å²) in [6.07, 6.45) is 5.20.